The monoisotopic (exact) mass is 874 g/mol. The molecule has 0 radical (unpaired) electrons. The van der Waals surface area contributed by atoms with Crippen molar-refractivity contribution < 1.29 is 49.3 Å². The molecular formula is C41H38F8N8O3S. The van der Waals surface area contributed by atoms with Crippen LogP contribution in [0.5, 0.6) is 11.8 Å². The second kappa shape index (κ2) is 16.4. The number of thiophene rings is 1. The molecule has 0 amide bonds. The Bertz CT molecular complexity index is 2610. The Labute approximate surface area is 347 Å². The number of nitrogens with two attached hydrogens (primary N) is 2. The fraction of sp³-hybridized carbons (Fsp3) is 0.415. The van der Waals surface area contributed by atoms with Crippen LogP contribution in [0.3, 0.4) is 0 Å². The quantitative estimate of drug-likeness (QED) is 0.158. The number of alkyl halides is 3. The summed E-state index contributed by atoms with van der Waals surface area (Å²) >= 11 is 0.619. The molecule has 3 saturated heterocycles. The molecule has 0 saturated carbocycles. The number of rotatable bonds is 6. The van der Waals surface area contributed by atoms with E-state index in [4.69, 9.17) is 25.7 Å². The lowest BCUT2D eigenvalue weighted by Gasteiger charge is -2.31. The molecule has 3 fully saturated rings. The first kappa shape index (κ1) is 42.2. The molecule has 7 heterocycles. The molecule has 2 aromatic carbocycles. The Morgan fingerprint density at radius 1 is 1.08 bits per heavy atom. The molecule has 0 bridgehead atoms. The van der Waals surface area contributed by atoms with Gasteiger partial charge in [0.1, 0.15) is 64.4 Å². The summed E-state index contributed by atoms with van der Waals surface area (Å²) in [7, 11) is 0. The first-order valence-electron chi connectivity index (χ1n) is 19.4. The van der Waals surface area contributed by atoms with Crippen LogP contribution in [0.15, 0.2) is 36.0 Å². The molecule has 4 aliphatic rings. The van der Waals surface area contributed by atoms with Crippen LogP contribution in [-0.2, 0) is 17.5 Å². The number of nitrogens with zero attached hydrogens (tertiary/aromatic N) is 6. The Kier molecular flexibility index (Phi) is 11.3. The second-order valence-corrected chi connectivity index (χ2v) is 16.6. The van der Waals surface area contributed by atoms with E-state index < -0.39 is 81.2 Å². The minimum Gasteiger partial charge on any atom is -0.490 e. The normalized spacial score (nSPS) is 19.3. The first-order valence-corrected chi connectivity index (χ1v) is 20.2. The summed E-state index contributed by atoms with van der Waals surface area (Å²) < 4.78 is 137. The molecule has 61 heavy (non-hydrogen) atoms. The average Bonchev–Trinajstić information content (AvgIpc) is 3.86. The summed E-state index contributed by atoms with van der Waals surface area (Å²) in [6.07, 6.45) is -2.52. The maximum atomic E-state index is 17.3. The molecule has 0 aliphatic carbocycles. The number of nitrogen functional groups attached to an aromatic ring is 2. The third-order valence-corrected chi connectivity index (χ3v) is 12.7. The standard InChI is InChI=1S/C35H26F8N8O2S.C6H12O/c36-17-8-15(30(45)47-11-17)12-50-6-7-52-27-23-26(48-33(49-32(23)50)53-14-34-4-1-5-51(34)13-16(9-34)29(39)40)25(38)22(24(27)35(41,42)43)18-2-3-20(37)28-21(18)19(10-44)31(46)54-28;1-6-2-4-7-5-3-6/h2-3,8,11H,1,4-7,9,12-14,46H2,(H2,45,47);6H,2-5H2,1H3. The summed E-state index contributed by atoms with van der Waals surface area (Å²) in [5.41, 5.74) is 7.00. The Morgan fingerprint density at radius 3 is 2.54 bits per heavy atom. The number of hydrogen-bond donors (Lipinski definition) is 2. The maximum absolute atomic E-state index is 17.3. The fourth-order valence-electron chi connectivity index (χ4n) is 8.56. The molecule has 5 aromatic rings. The topological polar surface area (TPSA) is 149 Å². The summed E-state index contributed by atoms with van der Waals surface area (Å²) in [6.45, 7) is 3.71. The van der Waals surface area contributed by atoms with Crippen LogP contribution in [0, 0.1) is 34.7 Å². The Balaban J connectivity index is 0.000000668. The van der Waals surface area contributed by atoms with Crippen LogP contribution >= 0.6 is 11.3 Å². The Hall–Kier alpha value is -5.52. The lowest BCUT2D eigenvalue weighted by molar-refractivity contribution is -0.138. The SMILES string of the molecule is CC1CCOCC1.N#Cc1c(N)sc2c(F)ccc(-c3c(C(F)(F)F)c4c5c(nc(OCC67CCCN6CC(=C(F)F)C7)nc5c3F)N(Cc3cc(F)cnc3N)CCO4)c12. The van der Waals surface area contributed by atoms with E-state index in [-0.39, 0.29) is 76.1 Å². The fourth-order valence-corrected chi connectivity index (χ4v) is 9.50. The van der Waals surface area contributed by atoms with Crippen LogP contribution in [-0.4, -0.2) is 71.5 Å². The van der Waals surface area contributed by atoms with Gasteiger partial charge in [0.05, 0.1) is 33.9 Å². The molecule has 3 aromatic heterocycles. The van der Waals surface area contributed by atoms with Crippen molar-refractivity contribution >= 4 is 49.0 Å². The predicted molar refractivity (Wildman–Crippen MR) is 212 cm³/mol. The van der Waals surface area contributed by atoms with Gasteiger partial charge in [0.15, 0.2) is 5.82 Å². The van der Waals surface area contributed by atoms with Crippen molar-refractivity contribution in [1.29, 1.82) is 5.26 Å². The number of pyridine rings is 1. The van der Waals surface area contributed by atoms with Crippen molar-refractivity contribution in [2.75, 3.05) is 62.4 Å². The van der Waals surface area contributed by atoms with Crippen LogP contribution in [0.1, 0.15) is 55.7 Å². The van der Waals surface area contributed by atoms with Crippen molar-refractivity contribution in [2.45, 2.75) is 57.3 Å². The number of nitriles is 1. The van der Waals surface area contributed by atoms with Crippen molar-refractivity contribution in [2.24, 2.45) is 5.92 Å². The van der Waals surface area contributed by atoms with Gasteiger partial charge in [0.2, 0.25) is 0 Å². The van der Waals surface area contributed by atoms with E-state index >= 15 is 22.0 Å². The highest BCUT2D eigenvalue weighted by Crippen LogP contribution is 2.53. The Morgan fingerprint density at radius 2 is 1.85 bits per heavy atom. The van der Waals surface area contributed by atoms with Gasteiger partial charge in [-0.2, -0.15) is 37.2 Å². The van der Waals surface area contributed by atoms with Crippen LogP contribution < -0.4 is 25.8 Å². The summed E-state index contributed by atoms with van der Waals surface area (Å²) in [4.78, 5) is 15.7. The highest BCUT2D eigenvalue weighted by molar-refractivity contribution is 7.23. The summed E-state index contributed by atoms with van der Waals surface area (Å²) in [5, 5.41) is 8.85. The number of anilines is 3. The van der Waals surface area contributed by atoms with Gasteiger partial charge in [0, 0.05) is 48.4 Å². The second-order valence-electron chi connectivity index (χ2n) is 15.5. The average molecular weight is 875 g/mol. The molecule has 11 nitrogen and oxygen atoms in total. The number of fused-ring (bicyclic) bond motifs is 2. The first-order chi connectivity index (χ1) is 29.1. The van der Waals surface area contributed by atoms with Gasteiger partial charge in [-0.1, -0.05) is 13.0 Å². The van der Waals surface area contributed by atoms with E-state index in [1.165, 1.54) is 17.7 Å². The molecule has 9 rings (SSSR count). The smallest absolute Gasteiger partial charge is 0.420 e. The van der Waals surface area contributed by atoms with Crippen molar-refractivity contribution in [1.82, 2.24) is 19.9 Å². The van der Waals surface area contributed by atoms with E-state index in [0.717, 1.165) is 43.5 Å². The minimum atomic E-state index is -5.31. The van der Waals surface area contributed by atoms with Gasteiger partial charge in [-0.15, -0.1) is 11.3 Å². The van der Waals surface area contributed by atoms with Gasteiger partial charge in [0.25, 0.3) is 6.08 Å². The van der Waals surface area contributed by atoms with E-state index in [2.05, 4.69) is 21.9 Å². The highest BCUT2D eigenvalue weighted by atomic mass is 32.1. The van der Waals surface area contributed by atoms with Crippen LogP contribution in [0.25, 0.3) is 32.1 Å². The van der Waals surface area contributed by atoms with Gasteiger partial charge in [-0.3, -0.25) is 4.90 Å². The van der Waals surface area contributed by atoms with Crippen molar-refractivity contribution in [3.63, 3.8) is 0 Å². The number of benzene rings is 2. The van der Waals surface area contributed by atoms with E-state index in [1.54, 1.807) is 6.07 Å². The lowest BCUT2D eigenvalue weighted by atomic mass is 9.91. The summed E-state index contributed by atoms with van der Waals surface area (Å²) in [5.74, 6) is -3.48. The van der Waals surface area contributed by atoms with Crippen LogP contribution in [0.2, 0.25) is 0 Å². The van der Waals surface area contributed by atoms with E-state index in [0.29, 0.717) is 30.7 Å². The molecule has 20 heteroatoms. The molecule has 4 N–H and O–H groups in total. The third kappa shape index (κ3) is 7.82. The zero-order valence-corrected chi connectivity index (χ0v) is 33.4. The van der Waals surface area contributed by atoms with Gasteiger partial charge >= 0.3 is 12.2 Å². The van der Waals surface area contributed by atoms with E-state index in [1.807, 2.05) is 4.90 Å². The van der Waals surface area contributed by atoms with Crippen molar-refractivity contribution in [3.8, 4) is 29.0 Å². The number of halogens is 8. The molecule has 322 valence electrons. The molecule has 1 atom stereocenters. The van der Waals surface area contributed by atoms with Gasteiger partial charge in [-0.25, -0.2) is 18.2 Å². The highest BCUT2D eigenvalue weighted by Gasteiger charge is 2.49. The van der Waals surface area contributed by atoms with Crippen LogP contribution in [0.4, 0.5) is 51.8 Å². The predicted octanol–water partition coefficient (Wildman–Crippen LogP) is 8.98. The van der Waals surface area contributed by atoms with E-state index in [9.17, 15) is 18.4 Å². The largest absolute Gasteiger partial charge is 0.490 e. The summed E-state index contributed by atoms with van der Waals surface area (Å²) in [6, 6.07) is 4.13. The lowest BCUT2D eigenvalue weighted by Crippen LogP contribution is -2.43. The molecular weight excluding hydrogens is 837 g/mol. The molecule has 4 aliphatic heterocycles. The van der Waals surface area contributed by atoms with Crippen molar-refractivity contribution in [3.05, 3.63) is 70.2 Å². The van der Waals surface area contributed by atoms with Gasteiger partial charge < -0.3 is 30.6 Å². The third-order valence-electron chi connectivity index (χ3n) is 11.6. The zero-order valence-electron chi connectivity index (χ0n) is 32.6. The molecule has 1 unspecified atom stereocenters. The number of aromatic nitrogens is 3. The maximum Gasteiger partial charge on any atom is 0.420 e. The minimum absolute atomic E-state index is 0.00918. The number of ether oxygens (including phenoxy) is 3. The zero-order chi connectivity index (χ0) is 43.4. The van der Waals surface area contributed by atoms with Gasteiger partial charge in [-0.05, 0) is 62.3 Å². The molecule has 0 spiro atoms. The number of hydrogen-bond acceptors (Lipinski definition) is 12.